The lowest BCUT2D eigenvalue weighted by atomic mass is 10.1. The third kappa shape index (κ3) is 3.47. The fourth-order valence-electron chi connectivity index (χ4n) is 2.00. The molecule has 2 heteroatoms. The fraction of sp³-hybridized carbons (Fsp3) is 0.188. The van der Waals surface area contributed by atoms with Crippen LogP contribution in [0, 0.1) is 13.8 Å². The van der Waals surface area contributed by atoms with Crippen LogP contribution >= 0.6 is 11.8 Å². The first-order chi connectivity index (χ1) is 8.67. The smallest absolute Gasteiger partial charge is 0.150 e. The molecule has 0 aliphatic rings. The van der Waals surface area contributed by atoms with E-state index in [4.69, 9.17) is 0 Å². The minimum atomic E-state index is 0.737. The zero-order valence-electron chi connectivity index (χ0n) is 10.6. The van der Waals surface area contributed by atoms with Crippen molar-refractivity contribution in [3.05, 3.63) is 64.7 Å². The second-order valence-electron chi connectivity index (χ2n) is 4.47. The first-order valence-electron chi connectivity index (χ1n) is 5.92. The minimum absolute atomic E-state index is 0.737. The van der Waals surface area contributed by atoms with Gasteiger partial charge in [0.1, 0.15) is 6.29 Å². The monoisotopic (exact) mass is 256 g/mol. The molecule has 0 saturated heterocycles. The van der Waals surface area contributed by atoms with Gasteiger partial charge in [0.2, 0.25) is 0 Å². The molecule has 1 nitrogen and oxygen atoms in total. The molecule has 0 saturated carbocycles. The number of rotatable bonds is 4. The van der Waals surface area contributed by atoms with Gasteiger partial charge < -0.3 is 0 Å². The summed E-state index contributed by atoms with van der Waals surface area (Å²) in [7, 11) is 0. The lowest BCUT2D eigenvalue weighted by Gasteiger charge is -2.05. The van der Waals surface area contributed by atoms with E-state index in [0.29, 0.717) is 0 Å². The summed E-state index contributed by atoms with van der Waals surface area (Å²) in [4.78, 5) is 11.9. The first-order valence-corrected chi connectivity index (χ1v) is 6.91. The molecule has 0 heterocycles. The van der Waals surface area contributed by atoms with E-state index in [2.05, 4.69) is 32.0 Å². The molecule has 2 aromatic rings. The topological polar surface area (TPSA) is 17.1 Å². The Labute approximate surface area is 112 Å². The number of hydrogen-bond donors (Lipinski definition) is 0. The summed E-state index contributed by atoms with van der Waals surface area (Å²) >= 11 is 1.76. The highest BCUT2D eigenvalue weighted by atomic mass is 32.2. The van der Waals surface area contributed by atoms with Crippen LogP contribution in [0.3, 0.4) is 0 Å². The zero-order chi connectivity index (χ0) is 13.0. The number of thioether (sulfide) groups is 1. The lowest BCUT2D eigenvalue weighted by Crippen LogP contribution is -1.86. The van der Waals surface area contributed by atoms with Gasteiger partial charge in [0.05, 0.1) is 0 Å². The molecule has 2 aromatic carbocycles. The number of aldehydes is 1. The van der Waals surface area contributed by atoms with Crippen LogP contribution in [0.15, 0.2) is 47.4 Å². The minimum Gasteiger partial charge on any atom is -0.298 e. The van der Waals surface area contributed by atoms with E-state index in [1.54, 1.807) is 11.8 Å². The molecule has 18 heavy (non-hydrogen) atoms. The second kappa shape index (κ2) is 5.87. The summed E-state index contributed by atoms with van der Waals surface area (Å²) in [6, 6.07) is 14.3. The second-order valence-corrected chi connectivity index (χ2v) is 5.52. The Hall–Kier alpha value is -1.54. The highest BCUT2D eigenvalue weighted by Gasteiger charge is 1.99. The van der Waals surface area contributed by atoms with Gasteiger partial charge in [-0.3, -0.25) is 4.79 Å². The molecule has 92 valence electrons. The normalized spacial score (nSPS) is 10.3. The number of carbonyl (C=O) groups excluding carboxylic acids is 1. The van der Waals surface area contributed by atoms with E-state index in [9.17, 15) is 4.79 Å². The van der Waals surface area contributed by atoms with Gasteiger partial charge in [-0.15, -0.1) is 11.8 Å². The highest BCUT2D eigenvalue weighted by Crippen LogP contribution is 2.24. The molecular weight excluding hydrogens is 240 g/mol. The lowest BCUT2D eigenvalue weighted by molar-refractivity contribution is 0.112. The van der Waals surface area contributed by atoms with Gasteiger partial charge in [-0.05, 0) is 31.5 Å². The van der Waals surface area contributed by atoms with Crippen LogP contribution in [0.1, 0.15) is 27.0 Å². The van der Waals surface area contributed by atoms with Gasteiger partial charge in [-0.25, -0.2) is 0 Å². The average Bonchev–Trinajstić information content (AvgIpc) is 2.35. The van der Waals surface area contributed by atoms with Gasteiger partial charge in [0, 0.05) is 16.2 Å². The Morgan fingerprint density at radius 1 is 1.06 bits per heavy atom. The Bertz CT molecular complexity index is 541. The van der Waals surface area contributed by atoms with Crippen LogP contribution in [-0.2, 0) is 5.75 Å². The molecule has 0 unspecified atom stereocenters. The van der Waals surface area contributed by atoms with Gasteiger partial charge in [-0.1, -0.05) is 41.5 Å². The molecule has 0 radical (unpaired) electrons. The van der Waals surface area contributed by atoms with Gasteiger partial charge in [-0.2, -0.15) is 0 Å². The van der Waals surface area contributed by atoms with Crippen molar-refractivity contribution < 1.29 is 4.79 Å². The van der Waals surface area contributed by atoms with Crippen molar-refractivity contribution in [1.82, 2.24) is 0 Å². The summed E-state index contributed by atoms with van der Waals surface area (Å²) in [5.74, 6) is 0.935. The third-order valence-electron chi connectivity index (χ3n) is 2.68. The third-order valence-corrected chi connectivity index (χ3v) is 3.75. The van der Waals surface area contributed by atoms with Crippen molar-refractivity contribution in [3.63, 3.8) is 0 Å². The molecule has 0 aliphatic heterocycles. The molecule has 0 spiro atoms. The van der Waals surface area contributed by atoms with Crippen molar-refractivity contribution in [2.24, 2.45) is 0 Å². The van der Waals surface area contributed by atoms with Crippen LogP contribution in [0.4, 0.5) is 0 Å². The summed E-state index contributed by atoms with van der Waals surface area (Å²) in [6.45, 7) is 4.24. The van der Waals surface area contributed by atoms with E-state index in [0.717, 1.165) is 22.5 Å². The first kappa shape index (κ1) is 12.9. The molecular formula is C16H16OS. The number of benzene rings is 2. The average molecular weight is 256 g/mol. The van der Waals surface area contributed by atoms with Gasteiger partial charge >= 0.3 is 0 Å². The molecule has 0 bridgehead atoms. The van der Waals surface area contributed by atoms with Crippen molar-refractivity contribution >= 4 is 18.0 Å². The highest BCUT2D eigenvalue weighted by molar-refractivity contribution is 7.98. The molecule has 0 atom stereocenters. The summed E-state index contributed by atoms with van der Waals surface area (Å²) in [6.07, 6.45) is 0.890. The maximum absolute atomic E-state index is 10.7. The van der Waals surface area contributed by atoms with Crippen LogP contribution < -0.4 is 0 Å². The van der Waals surface area contributed by atoms with Crippen molar-refractivity contribution in [2.75, 3.05) is 0 Å². The number of aryl methyl sites for hydroxylation is 2. The molecule has 0 aliphatic carbocycles. The number of carbonyl (C=O) groups is 1. The SMILES string of the molecule is Cc1cc(C)cc(CSc2cccc(C=O)c2)c1. The standard InChI is InChI=1S/C16H16OS/c1-12-6-13(2)8-15(7-12)11-18-16-5-3-4-14(9-16)10-17/h3-10H,11H2,1-2H3. The van der Waals surface area contributed by atoms with Crippen LogP contribution in [-0.4, -0.2) is 6.29 Å². The fourth-order valence-corrected chi connectivity index (χ4v) is 2.89. The van der Waals surface area contributed by atoms with Gasteiger partial charge in [0.15, 0.2) is 0 Å². The largest absolute Gasteiger partial charge is 0.298 e. The predicted molar refractivity (Wildman–Crippen MR) is 77.3 cm³/mol. The van der Waals surface area contributed by atoms with E-state index < -0.39 is 0 Å². The summed E-state index contributed by atoms with van der Waals surface area (Å²) < 4.78 is 0. The maximum Gasteiger partial charge on any atom is 0.150 e. The Morgan fingerprint density at radius 3 is 2.44 bits per heavy atom. The quantitative estimate of drug-likeness (QED) is 0.595. The molecule has 0 fully saturated rings. The van der Waals surface area contributed by atoms with E-state index in [1.807, 2.05) is 24.3 Å². The van der Waals surface area contributed by atoms with Crippen molar-refractivity contribution in [3.8, 4) is 0 Å². The van der Waals surface area contributed by atoms with Crippen LogP contribution in [0.2, 0.25) is 0 Å². The van der Waals surface area contributed by atoms with Crippen LogP contribution in [0.25, 0.3) is 0 Å². The Balaban J connectivity index is 2.08. The number of hydrogen-bond acceptors (Lipinski definition) is 2. The van der Waals surface area contributed by atoms with Gasteiger partial charge in [0.25, 0.3) is 0 Å². The predicted octanol–water partition coefficient (Wildman–Crippen LogP) is 4.41. The molecule has 2 rings (SSSR count). The zero-order valence-corrected chi connectivity index (χ0v) is 11.5. The molecule has 0 aromatic heterocycles. The van der Waals surface area contributed by atoms with E-state index in [-0.39, 0.29) is 0 Å². The Kier molecular flexibility index (Phi) is 4.21. The summed E-state index contributed by atoms with van der Waals surface area (Å²) in [5, 5.41) is 0. The van der Waals surface area contributed by atoms with Crippen molar-refractivity contribution in [1.29, 1.82) is 0 Å². The van der Waals surface area contributed by atoms with Crippen molar-refractivity contribution in [2.45, 2.75) is 24.5 Å². The Morgan fingerprint density at radius 2 is 1.78 bits per heavy atom. The molecule has 0 amide bonds. The summed E-state index contributed by atoms with van der Waals surface area (Å²) in [5.41, 5.74) is 4.66. The van der Waals surface area contributed by atoms with Crippen LogP contribution in [0.5, 0.6) is 0 Å². The maximum atomic E-state index is 10.7. The van der Waals surface area contributed by atoms with E-state index in [1.165, 1.54) is 16.7 Å². The van der Waals surface area contributed by atoms with E-state index >= 15 is 0 Å². The molecule has 0 N–H and O–H groups in total.